The first-order valence-electron chi connectivity index (χ1n) is 10.6. The minimum absolute atomic E-state index is 0.160. The number of rotatable bonds is 3. The van der Waals surface area contributed by atoms with Crippen LogP contribution in [0.3, 0.4) is 0 Å². The van der Waals surface area contributed by atoms with E-state index in [1.54, 1.807) is 26.0 Å². The smallest absolute Gasteiger partial charge is 0.233 e. The summed E-state index contributed by atoms with van der Waals surface area (Å²) in [4.78, 5) is 53.3. The lowest BCUT2D eigenvalue weighted by Crippen LogP contribution is -2.39. The van der Waals surface area contributed by atoms with E-state index in [4.69, 9.17) is 4.42 Å². The zero-order valence-corrected chi connectivity index (χ0v) is 17.4. The molecular formula is C24H23NO6. The number of furan rings is 1. The fourth-order valence-electron chi connectivity index (χ4n) is 5.72. The van der Waals surface area contributed by atoms with Gasteiger partial charge in [-0.3, -0.25) is 24.1 Å². The highest BCUT2D eigenvalue weighted by Crippen LogP contribution is 2.55. The molecule has 1 saturated heterocycles. The van der Waals surface area contributed by atoms with Crippen molar-refractivity contribution in [1.82, 2.24) is 4.90 Å². The molecule has 0 unspecified atom stereocenters. The van der Waals surface area contributed by atoms with Gasteiger partial charge >= 0.3 is 0 Å². The lowest BCUT2D eigenvalue weighted by molar-refractivity contribution is -0.139. The molecule has 4 aliphatic rings. The summed E-state index contributed by atoms with van der Waals surface area (Å²) in [6.07, 6.45) is 3.99. The van der Waals surface area contributed by atoms with Gasteiger partial charge in [-0.15, -0.1) is 0 Å². The number of allylic oxidation sites excluding steroid dienone is 6. The third-order valence-electron chi connectivity index (χ3n) is 7.09. The van der Waals surface area contributed by atoms with Gasteiger partial charge in [0.05, 0.1) is 17.8 Å². The zero-order chi connectivity index (χ0) is 22.0. The Morgan fingerprint density at radius 1 is 1.13 bits per heavy atom. The Morgan fingerprint density at radius 3 is 2.58 bits per heavy atom. The van der Waals surface area contributed by atoms with Crippen molar-refractivity contribution in [2.45, 2.75) is 39.2 Å². The summed E-state index contributed by atoms with van der Waals surface area (Å²) >= 11 is 0. The minimum atomic E-state index is -0.602. The molecule has 3 aliphatic carbocycles. The predicted molar refractivity (Wildman–Crippen MR) is 108 cm³/mol. The molecule has 7 nitrogen and oxygen atoms in total. The number of carbonyl (C=O) groups excluding carboxylic acids is 4. The SMILES string of the molecule is CCN1C(=O)[C@H]2[C@H](CC=C3[C@H](c4ccc(CO)o4)C4=C(C[C@H]32)C(=O)C(C)=CC4=O)C1=O. The molecule has 1 aromatic heterocycles. The highest BCUT2D eigenvalue weighted by atomic mass is 16.4. The van der Waals surface area contributed by atoms with Crippen LogP contribution in [0.5, 0.6) is 0 Å². The summed E-state index contributed by atoms with van der Waals surface area (Å²) in [5.74, 6) is -1.88. The third-order valence-corrected chi connectivity index (χ3v) is 7.09. The number of amides is 2. The monoisotopic (exact) mass is 421 g/mol. The Hall–Kier alpha value is -3.06. The molecule has 0 bridgehead atoms. The summed E-state index contributed by atoms with van der Waals surface area (Å²) in [6, 6.07) is 3.35. The normalized spacial score (nSPS) is 30.2. The number of imide groups is 1. The second-order valence-corrected chi connectivity index (χ2v) is 8.61. The molecule has 4 atom stereocenters. The quantitative estimate of drug-likeness (QED) is 0.456. The number of carbonyl (C=O) groups is 4. The fourth-order valence-corrected chi connectivity index (χ4v) is 5.72. The van der Waals surface area contributed by atoms with Crippen molar-refractivity contribution in [3.8, 4) is 0 Å². The molecule has 0 saturated carbocycles. The highest BCUT2D eigenvalue weighted by Gasteiger charge is 2.56. The van der Waals surface area contributed by atoms with Crippen LogP contribution in [0, 0.1) is 17.8 Å². The summed E-state index contributed by atoms with van der Waals surface area (Å²) in [7, 11) is 0. The van der Waals surface area contributed by atoms with Crippen molar-refractivity contribution >= 4 is 23.4 Å². The van der Waals surface area contributed by atoms with E-state index >= 15 is 0 Å². The van der Waals surface area contributed by atoms with E-state index in [1.807, 2.05) is 6.08 Å². The molecule has 2 heterocycles. The van der Waals surface area contributed by atoms with Gasteiger partial charge in [0.1, 0.15) is 18.1 Å². The Kier molecular flexibility index (Phi) is 4.48. The second-order valence-electron chi connectivity index (χ2n) is 8.61. The molecule has 1 fully saturated rings. The number of fused-ring (bicyclic) bond motifs is 3. The average Bonchev–Trinajstić information content (AvgIpc) is 3.33. The number of hydrogen-bond donors (Lipinski definition) is 1. The van der Waals surface area contributed by atoms with E-state index in [9.17, 15) is 24.3 Å². The van der Waals surface area contributed by atoms with Crippen molar-refractivity contribution in [3.05, 3.63) is 58.1 Å². The molecule has 160 valence electrons. The van der Waals surface area contributed by atoms with E-state index < -0.39 is 17.8 Å². The lowest BCUT2D eigenvalue weighted by atomic mass is 9.60. The zero-order valence-electron chi connectivity index (χ0n) is 17.4. The van der Waals surface area contributed by atoms with Crippen molar-refractivity contribution in [2.24, 2.45) is 17.8 Å². The van der Waals surface area contributed by atoms with Gasteiger partial charge in [-0.25, -0.2) is 0 Å². The molecule has 0 radical (unpaired) electrons. The maximum Gasteiger partial charge on any atom is 0.233 e. The number of likely N-dealkylation sites (tertiary alicyclic amines) is 1. The van der Waals surface area contributed by atoms with E-state index in [1.165, 1.54) is 11.0 Å². The van der Waals surface area contributed by atoms with Gasteiger partial charge < -0.3 is 9.52 Å². The van der Waals surface area contributed by atoms with Gasteiger partial charge in [0.15, 0.2) is 11.6 Å². The summed E-state index contributed by atoms with van der Waals surface area (Å²) in [5, 5.41) is 9.45. The van der Waals surface area contributed by atoms with Crippen molar-refractivity contribution in [1.29, 1.82) is 0 Å². The van der Waals surface area contributed by atoms with Crippen LogP contribution in [0.15, 0.2) is 51.0 Å². The molecular weight excluding hydrogens is 398 g/mol. The van der Waals surface area contributed by atoms with Crippen LogP contribution < -0.4 is 0 Å². The molecule has 0 spiro atoms. The van der Waals surface area contributed by atoms with Gasteiger partial charge in [0, 0.05) is 23.3 Å². The number of aliphatic hydroxyl groups is 1. The number of hydrogen-bond acceptors (Lipinski definition) is 6. The topological polar surface area (TPSA) is 105 Å². The van der Waals surface area contributed by atoms with Crippen LogP contribution in [0.25, 0.3) is 0 Å². The Bertz CT molecular complexity index is 1130. The second kappa shape index (κ2) is 6.99. The van der Waals surface area contributed by atoms with Gasteiger partial charge in [0.25, 0.3) is 0 Å². The molecule has 1 aliphatic heterocycles. The van der Waals surface area contributed by atoms with E-state index in [2.05, 4.69) is 0 Å². The first kappa shape index (κ1) is 19.9. The van der Waals surface area contributed by atoms with Crippen LogP contribution in [0.2, 0.25) is 0 Å². The molecule has 7 heteroatoms. The Morgan fingerprint density at radius 2 is 1.90 bits per heavy atom. The van der Waals surface area contributed by atoms with Gasteiger partial charge in [-0.05, 0) is 50.8 Å². The molecule has 0 aromatic carbocycles. The summed E-state index contributed by atoms with van der Waals surface area (Å²) < 4.78 is 5.81. The average molecular weight is 421 g/mol. The largest absolute Gasteiger partial charge is 0.463 e. The summed E-state index contributed by atoms with van der Waals surface area (Å²) in [5.41, 5.74) is 2.03. The van der Waals surface area contributed by atoms with E-state index in [0.29, 0.717) is 41.2 Å². The van der Waals surface area contributed by atoms with Gasteiger partial charge in [0.2, 0.25) is 11.8 Å². The Labute approximate surface area is 179 Å². The maximum absolute atomic E-state index is 13.1. The molecule has 2 amide bonds. The Balaban J connectivity index is 1.68. The van der Waals surface area contributed by atoms with Crippen LogP contribution >= 0.6 is 0 Å². The van der Waals surface area contributed by atoms with E-state index in [-0.39, 0.29) is 42.3 Å². The first-order chi connectivity index (χ1) is 14.9. The highest BCUT2D eigenvalue weighted by molar-refractivity contribution is 6.23. The summed E-state index contributed by atoms with van der Waals surface area (Å²) in [6.45, 7) is 3.44. The number of aliphatic hydroxyl groups excluding tert-OH is 1. The third kappa shape index (κ3) is 2.69. The maximum atomic E-state index is 13.1. The van der Waals surface area contributed by atoms with E-state index in [0.717, 1.165) is 5.57 Å². The van der Waals surface area contributed by atoms with Crippen LogP contribution in [0.1, 0.15) is 44.1 Å². The number of Topliss-reactive ketones (excluding diaryl/α,β-unsaturated/α-hetero) is 1. The molecule has 5 rings (SSSR count). The van der Waals surface area contributed by atoms with Crippen LogP contribution in [-0.2, 0) is 25.8 Å². The van der Waals surface area contributed by atoms with Crippen molar-refractivity contribution in [3.63, 3.8) is 0 Å². The number of nitrogens with zero attached hydrogens (tertiary/aromatic N) is 1. The fraction of sp³-hybridized carbons (Fsp3) is 0.417. The molecule has 1 N–H and O–H groups in total. The molecule has 1 aromatic rings. The predicted octanol–water partition coefficient (Wildman–Crippen LogP) is 2.22. The standard InChI is InChI=1S/C24H23NO6/c1-3-25-23(29)14-6-5-13-15(19(14)24(25)30)9-16-20(17(27)8-11(2)22(16)28)21(13)18-7-4-12(10-26)31-18/h4-5,7-8,14-15,19,21,26H,3,6,9-10H2,1-2H3/t14-,15+,19-,21+/m0/s1. The van der Waals surface area contributed by atoms with Crippen LogP contribution in [-0.4, -0.2) is 39.9 Å². The lowest BCUT2D eigenvalue weighted by Gasteiger charge is -2.41. The number of ketones is 2. The van der Waals surface area contributed by atoms with Gasteiger partial charge in [-0.2, -0.15) is 0 Å². The molecule has 31 heavy (non-hydrogen) atoms. The van der Waals surface area contributed by atoms with Crippen LogP contribution in [0.4, 0.5) is 0 Å². The van der Waals surface area contributed by atoms with Gasteiger partial charge in [-0.1, -0.05) is 11.6 Å². The van der Waals surface area contributed by atoms with Crippen molar-refractivity contribution in [2.75, 3.05) is 6.54 Å². The minimum Gasteiger partial charge on any atom is -0.463 e. The van der Waals surface area contributed by atoms with Crippen molar-refractivity contribution < 1.29 is 28.7 Å². The first-order valence-corrected chi connectivity index (χ1v) is 10.6.